The van der Waals surface area contributed by atoms with E-state index in [4.69, 9.17) is 18.9 Å². The molecule has 0 saturated heterocycles. The third kappa shape index (κ3) is 4.91. The molecule has 0 aromatic heterocycles. The van der Waals surface area contributed by atoms with Crippen molar-refractivity contribution < 1.29 is 57.5 Å². The van der Waals surface area contributed by atoms with Crippen LogP contribution in [0.3, 0.4) is 0 Å². The molecule has 4 bridgehead atoms. The number of alkyl carbamates (subject to hydrolysis) is 1. The van der Waals surface area contributed by atoms with Gasteiger partial charge in [-0.25, -0.2) is 14.4 Å². The van der Waals surface area contributed by atoms with Crippen molar-refractivity contribution in [3.05, 3.63) is 70.9 Å². The molecule has 4 atom stereocenters. The van der Waals surface area contributed by atoms with E-state index in [1.165, 1.54) is 20.8 Å². The number of aliphatic carboxylic acids is 1. The number of hydrogen-bond acceptors (Lipinski definition) is 10. The fourth-order valence-electron chi connectivity index (χ4n) is 6.19. The second kappa shape index (κ2) is 12.1. The number of rotatable bonds is 12. The molecule has 0 aliphatic heterocycles. The summed E-state index contributed by atoms with van der Waals surface area (Å²) in [6.07, 6.45) is 8.85. The minimum Gasteiger partial charge on any atom is -0.477 e. The minimum atomic E-state index is -4.88. The Hall–Kier alpha value is -4.42. The molecule has 0 radical (unpaired) electrons. The Morgan fingerprint density at radius 3 is 1.87 bits per heavy atom. The Bertz CT molecular complexity index is 1570. The van der Waals surface area contributed by atoms with Gasteiger partial charge in [0.1, 0.15) is 16.4 Å². The smallest absolute Gasteiger partial charge is 0.477 e. The molecule has 248 valence electrons. The lowest BCUT2D eigenvalue weighted by atomic mass is 9.65. The number of amides is 2. The van der Waals surface area contributed by atoms with E-state index in [9.17, 15) is 34.0 Å². The maximum absolute atomic E-state index is 15.1. The van der Waals surface area contributed by atoms with Gasteiger partial charge in [-0.15, -0.1) is 0 Å². The van der Waals surface area contributed by atoms with Crippen LogP contribution in [0.25, 0.3) is 0 Å². The molecule has 0 aromatic rings. The van der Waals surface area contributed by atoms with Gasteiger partial charge in [-0.1, -0.05) is 62.5 Å². The first kappa shape index (κ1) is 34.5. The predicted molar refractivity (Wildman–Crippen MR) is 162 cm³/mol. The molecule has 2 amide bonds. The highest BCUT2D eigenvalue weighted by Gasteiger charge is 2.76. The lowest BCUT2D eigenvalue weighted by Crippen LogP contribution is -2.64. The van der Waals surface area contributed by atoms with Crippen LogP contribution in [0.1, 0.15) is 41.5 Å². The van der Waals surface area contributed by atoms with E-state index >= 15 is 4.57 Å². The van der Waals surface area contributed by atoms with E-state index in [0.717, 1.165) is 14.0 Å². The zero-order valence-corrected chi connectivity index (χ0v) is 27.3. The van der Waals surface area contributed by atoms with Crippen molar-refractivity contribution in [1.29, 1.82) is 0 Å². The van der Waals surface area contributed by atoms with E-state index in [1.807, 2.05) is 0 Å². The summed E-state index contributed by atoms with van der Waals surface area (Å²) >= 11 is 0. The van der Waals surface area contributed by atoms with Gasteiger partial charge in [0, 0.05) is 20.9 Å². The van der Waals surface area contributed by atoms with Crippen LogP contribution in [-0.2, 0) is 37.9 Å². The molecular weight excluding hydrogens is 623 g/mol. The molecular formula is C31H37N2O12P. The largest absolute Gasteiger partial charge is 0.510 e. The summed E-state index contributed by atoms with van der Waals surface area (Å²) in [5.41, 5.74) is -3.54. The number of allylic oxidation sites excluding steroid dienone is 10. The molecule has 0 saturated carbocycles. The molecule has 4 rings (SSSR count). The van der Waals surface area contributed by atoms with E-state index in [0.29, 0.717) is 4.90 Å². The van der Waals surface area contributed by atoms with Crippen molar-refractivity contribution in [3.8, 4) is 0 Å². The van der Waals surface area contributed by atoms with Crippen LogP contribution < -0.4 is 5.32 Å². The molecule has 0 fully saturated rings. The number of carbonyl (C=O) groups excluding carboxylic acids is 4. The van der Waals surface area contributed by atoms with Gasteiger partial charge in [0.2, 0.25) is 19.6 Å². The molecule has 46 heavy (non-hydrogen) atoms. The van der Waals surface area contributed by atoms with Crippen LogP contribution in [-0.4, -0.2) is 81.6 Å². The van der Waals surface area contributed by atoms with Crippen LogP contribution in [0.2, 0.25) is 0 Å². The van der Waals surface area contributed by atoms with Crippen molar-refractivity contribution >= 4 is 37.5 Å². The monoisotopic (exact) mass is 660 g/mol. The van der Waals surface area contributed by atoms with Crippen molar-refractivity contribution in [2.75, 3.05) is 13.7 Å². The summed E-state index contributed by atoms with van der Waals surface area (Å²) in [6, 6.07) is 0. The van der Waals surface area contributed by atoms with Gasteiger partial charge in [-0.2, -0.15) is 0 Å². The number of ether oxygens (including phenoxy) is 4. The minimum absolute atomic E-state index is 0.128. The number of hydrogen-bond donors (Lipinski definition) is 3. The Kier molecular flexibility index (Phi) is 9.04. The number of fused-ring (bicyclic) bond motifs is 5. The first-order chi connectivity index (χ1) is 21.4. The van der Waals surface area contributed by atoms with Crippen molar-refractivity contribution in [3.63, 3.8) is 0 Å². The summed E-state index contributed by atoms with van der Waals surface area (Å²) in [5.74, 6) is -5.35. The van der Waals surface area contributed by atoms with Gasteiger partial charge in [0.05, 0.1) is 12.5 Å². The van der Waals surface area contributed by atoms with E-state index in [1.54, 1.807) is 62.5 Å². The summed E-state index contributed by atoms with van der Waals surface area (Å²) in [5, 5.41) is 10.5. The number of carboxylic acid groups (broad SMARTS) is 1. The average Bonchev–Trinajstić information content (AvgIpc) is 3.73. The van der Waals surface area contributed by atoms with Crippen LogP contribution >= 0.6 is 7.37 Å². The molecule has 3 N–H and O–H groups in total. The SMILES string of the molecule is CCOC(=O)OC(C)(C(=O)O)N(C)C(=O)C1(C2(P(=O)(O)C(C)NC(=O)OC(C)OC(=O)C(C)C)C3=CC=C2C=C3)C2=CC=C1C=C2. The molecule has 0 aromatic carbocycles. The van der Waals surface area contributed by atoms with E-state index in [2.05, 4.69) is 5.32 Å². The summed E-state index contributed by atoms with van der Waals surface area (Å²) in [6.45, 7) is 8.12. The third-order valence-electron chi connectivity index (χ3n) is 8.58. The zero-order valence-electron chi connectivity index (χ0n) is 26.4. The van der Waals surface area contributed by atoms with Gasteiger partial charge in [-0.05, 0) is 36.1 Å². The van der Waals surface area contributed by atoms with Gasteiger partial charge >= 0.3 is 24.2 Å². The fourth-order valence-corrected chi connectivity index (χ4v) is 8.92. The number of carbonyl (C=O) groups is 5. The predicted octanol–water partition coefficient (Wildman–Crippen LogP) is 3.90. The van der Waals surface area contributed by atoms with Crippen LogP contribution in [0.5, 0.6) is 0 Å². The average molecular weight is 661 g/mol. The lowest BCUT2D eigenvalue weighted by Gasteiger charge is -2.52. The Balaban J connectivity index is 1.79. The van der Waals surface area contributed by atoms with Gasteiger partial charge in [-0.3, -0.25) is 19.1 Å². The van der Waals surface area contributed by atoms with Gasteiger partial charge in [0.15, 0.2) is 0 Å². The van der Waals surface area contributed by atoms with Gasteiger partial charge in [0.25, 0.3) is 5.72 Å². The topological polar surface area (TPSA) is 195 Å². The molecule has 4 aliphatic carbocycles. The molecule has 0 spiro atoms. The second-order valence-corrected chi connectivity index (χ2v) is 14.3. The van der Waals surface area contributed by atoms with Crippen LogP contribution in [0, 0.1) is 11.3 Å². The highest BCUT2D eigenvalue weighted by Crippen LogP contribution is 2.78. The van der Waals surface area contributed by atoms with Gasteiger partial charge < -0.3 is 34.3 Å². The Morgan fingerprint density at radius 2 is 1.43 bits per heavy atom. The second-order valence-electron chi connectivity index (χ2n) is 11.6. The third-order valence-corrected chi connectivity index (χ3v) is 11.6. The number of nitrogens with zero attached hydrogens (tertiary/aromatic N) is 1. The molecule has 14 nitrogen and oxygen atoms in total. The van der Waals surface area contributed by atoms with Crippen LogP contribution in [0.15, 0.2) is 70.9 Å². The zero-order chi connectivity index (χ0) is 34.4. The Morgan fingerprint density at radius 1 is 0.935 bits per heavy atom. The number of nitrogens with one attached hydrogen (secondary N) is 1. The van der Waals surface area contributed by atoms with Crippen LogP contribution in [0.4, 0.5) is 9.59 Å². The van der Waals surface area contributed by atoms with E-state index in [-0.39, 0.29) is 28.9 Å². The highest BCUT2D eigenvalue weighted by atomic mass is 31.2. The number of carboxylic acids is 1. The van der Waals surface area contributed by atoms with E-state index < -0.39 is 71.8 Å². The van der Waals surface area contributed by atoms with Crippen molar-refractivity contribution in [2.45, 2.75) is 64.5 Å². The maximum Gasteiger partial charge on any atom is 0.510 e. The molecule has 4 unspecified atom stereocenters. The highest BCUT2D eigenvalue weighted by molar-refractivity contribution is 7.61. The maximum atomic E-state index is 15.1. The molecule has 0 heterocycles. The summed E-state index contributed by atoms with van der Waals surface area (Å²) in [4.78, 5) is 77.6. The number of esters is 1. The first-order valence-electron chi connectivity index (χ1n) is 14.5. The lowest BCUT2D eigenvalue weighted by molar-refractivity contribution is -0.188. The first-order valence-corrected chi connectivity index (χ1v) is 16.2. The standard InChI is InChI=1S/C31H37N2O12P/c1-8-42-28(39)45-29(6,26(36)37)33(7)25(35)30(20-9-10-21(30)12-11-20)31(22-13-14-23(31)16-15-22)46(40,41)18(4)32-27(38)44-19(5)43-24(34)17(2)3/h9-19H,8H2,1-7H3,(H,32,38)(H,36,37)(H,40,41). The quantitative estimate of drug-likeness (QED) is 0.155. The summed E-state index contributed by atoms with van der Waals surface area (Å²) in [7, 11) is -3.77. The van der Waals surface area contributed by atoms with Crippen molar-refractivity contribution in [2.24, 2.45) is 11.3 Å². The summed E-state index contributed by atoms with van der Waals surface area (Å²) < 4.78 is 35.2. The van der Waals surface area contributed by atoms with Crippen molar-refractivity contribution in [1.82, 2.24) is 10.2 Å². The fraction of sp³-hybridized carbons (Fsp3) is 0.452. The molecule has 4 aliphatic rings. The molecule has 15 heteroatoms. The normalized spacial score (nSPS) is 21.5. The Labute approximate surface area is 265 Å². The number of likely N-dealkylation sites (N-methyl/N-ethyl adjacent to an activating group) is 1.